The summed E-state index contributed by atoms with van der Waals surface area (Å²) in [5.74, 6) is -0.833. The van der Waals surface area contributed by atoms with Crippen LogP contribution in [0.3, 0.4) is 0 Å². The topological polar surface area (TPSA) is 53.1 Å². The van der Waals surface area contributed by atoms with E-state index >= 15 is 0 Å². The molecule has 74 valence electrons. The molecule has 0 unspecified atom stereocenters. The molecule has 14 heavy (non-hydrogen) atoms. The molecule has 0 amide bonds. The van der Waals surface area contributed by atoms with Crippen molar-refractivity contribution in [3.05, 3.63) is 35.5 Å². The summed E-state index contributed by atoms with van der Waals surface area (Å²) in [4.78, 5) is 12.1. The lowest BCUT2D eigenvalue weighted by Gasteiger charge is -1.88. The highest BCUT2D eigenvalue weighted by Crippen LogP contribution is 2.17. The van der Waals surface area contributed by atoms with Crippen molar-refractivity contribution < 1.29 is 9.90 Å². The van der Waals surface area contributed by atoms with Gasteiger partial charge >= 0.3 is 0 Å². The molecule has 2 aromatic rings. The first-order chi connectivity index (χ1) is 6.59. The molecule has 1 aromatic heterocycles. The molecule has 0 saturated heterocycles. The fraction of sp³-hybridized carbons (Fsp3) is 0.100. The summed E-state index contributed by atoms with van der Waals surface area (Å²) in [5, 5.41) is 9.36. The molecule has 0 radical (unpaired) electrons. The number of aromatic amines is 1. The summed E-state index contributed by atoms with van der Waals surface area (Å²) in [7, 11) is 0. The van der Waals surface area contributed by atoms with Gasteiger partial charge in [0, 0.05) is 29.0 Å². The molecule has 0 saturated carbocycles. The van der Waals surface area contributed by atoms with Gasteiger partial charge in [-0.3, -0.25) is 4.79 Å². The van der Waals surface area contributed by atoms with Gasteiger partial charge < -0.3 is 10.1 Å². The number of hydrogen-bond acceptors (Lipinski definition) is 1. The lowest BCUT2D eigenvalue weighted by Crippen LogP contribution is -1.78. The van der Waals surface area contributed by atoms with E-state index in [1.807, 2.05) is 30.5 Å². The fourth-order valence-electron chi connectivity index (χ4n) is 1.02. The molecule has 1 aromatic carbocycles. The van der Waals surface area contributed by atoms with E-state index in [4.69, 9.17) is 21.5 Å². The van der Waals surface area contributed by atoms with Crippen molar-refractivity contribution in [2.24, 2.45) is 0 Å². The van der Waals surface area contributed by atoms with E-state index in [0.29, 0.717) is 0 Å². The molecule has 2 N–H and O–H groups in total. The Morgan fingerprint density at radius 3 is 2.71 bits per heavy atom. The van der Waals surface area contributed by atoms with E-state index in [0.717, 1.165) is 22.8 Å². The average molecular weight is 212 g/mol. The van der Waals surface area contributed by atoms with Crippen molar-refractivity contribution in [1.29, 1.82) is 0 Å². The Balaban J connectivity index is 0.000000213. The first-order valence-electron chi connectivity index (χ1n) is 4.02. The van der Waals surface area contributed by atoms with E-state index < -0.39 is 5.97 Å². The third-order valence-electron chi connectivity index (χ3n) is 1.52. The maximum atomic E-state index is 9.00. The van der Waals surface area contributed by atoms with E-state index in [1.165, 1.54) is 0 Å². The van der Waals surface area contributed by atoms with Crippen LogP contribution < -0.4 is 0 Å². The van der Waals surface area contributed by atoms with Crippen molar-refractivity contribution in [3.8, 4) is 0 Å². The third kappa shape index (κ3) is 3.11. The standard InChI is InChI=1S/C8H6ClN.C2H4O2/c9-7-1-2-8-6(5-7)3-4-10-8;1-2(3)4/h1-5,10H;1H3,(H,3,4). The van der Waals surface area contributed by atoms with Crippen LogP contribution in [0.5, 0.6) is 0 Å². The molecule has 0 aliphatic heterocycles. The van der Waals surface area contributed by atoms with Gasteiger partial charge in [0.25, 0.3) is 5.97 Å². The molecule has 4 heteroatoms. The van der Waals surface area contributed by atoms with Gasteiger partial charge in [0.05, 0.1) is 0 Å². The molecule has 3 nitrogen and oxygen atoms in total. The molecule has 0 fully saturated rings. The molecule has 0 aliphatic carbocycles. The summed E-state index contributed by atoms with van der Waals surface area (Å²) >= 11 is 5.76. The first-order valence-corrected chi connectivity index (χ1v) is 4.39. The van der Waals surface area contributed by atoms with Crippen molar-refractivity contribution in [1.82, 2.24) is 4.98 Å². The van der Waals surface area contributed by atoms with Gasteiger partial charge in [-0.05, 0) is 24.3 Å². The SMILES string of the molecule is CC(=O)O.Clc1ccc2[nH]ccc2c1. The van der Waals surface area contributed by atoms with E-state index in [1.54, 1.807) is 0 Å². The normalized spacial score (nSPS) is 9.29. The summed E-state index contributed by atoms with van der Waals surface area (Å²) in [5.41, 5.74) is 1.13. The number of carboxylic acids is 1. The van der Waals surface area contributed by atoms with Crippen LogP contribution in [0, 0.1) is 0 Å². The highest BCUT2D eigenvalue weighted by atomic mass is 35.5. The van der Waals surface area contributed by atoms with Crippen LogP contribution in [0.4, 0.5) is 0 Å². The Morgan fingerprint density at radius 1 is 1.43 bits per heavy atom. The van der Waals surface area contributed by atoms with Crippen LogP contribution in [-0.2, 0) is 4.79 Å². The number of aliphatic carboxylic acids is 1. The van der Waals surface area contributed by atoms with Crippen molar-refractivity contribution >= 4 is 28.5 Å². The summed E-state index contributed by atoms with van der Waals surface area (Å²) in [6, 6.07) is 7.78. The van der Waals surface area contributed by atoms with Crippen LogP contribution in [0.2, 0.25) is 5.02 Å². The Bertz CT molecular complexity index is 432. The molecular weight excluding hydrogens is 202 g/mol. The van der Waals surface area contributed by atoms with Crippen LogP contribution in [0.1, 0.15) is 6.92 Å². The highest BCUT2D eigenvalue weighted by Gasteiger charge is 1.92. The van der Waals surface area contributed by atoms with Gasteiger partial charge in [0.15, 0.2) is 0 Å². The molecule has 0 atom stereocenters. The maximum Gasteiger partial charge on any atom is 0.300 e. The van der Waals surface area contributed by atoms with Gasteiger partial charge in [-0.2, -0.15) is 0 Å². The summed E-state index contributed by atoms with van der Waals surface area (Å²) < 4.78 is 0. The molecule has 0 spiro atoms. The zero-order valence-electron chi connectivity index (χ0n) is 7.62. The number of carbonyl (C=O) groups is 1. The van der Waals surface area contributed by atoms with E-state index in [-0.39, 0.29) is 0 Å². The Labute approximate surface area is 86.3 Å². The third-order valence-corrected chi connectivity index (χ3v) is 1.75. The number of fused-ring (bicyclic) bond motifs is 1. The van der Waals surface area contributed by atoms with Crippen molar-refractivity contribution in [2.75, 3.05) is 0 Å². The van der Waals surface area contributed by atoms with Gasteiger partial charge in [-0.1, -0.05) is 11.6 Å². The van der Waals surface area contributed by atoms with E-state index in [2.05, 4.69) is 4.98 Å². The van der Waals surface area contributed by atoms with Crippen molar-refractivity contribution in [3.63, 3.8) is 0 Å². The predicted octanol–water partition coefficient (Wildman–Crippen LogP) is 2.91. The minimum absolute atomic E-state index is 0.784. The average Bonchev–Trinajstić information content (AvgIpc) is 2.49. The smallest absolute Gasteiger partial charge is 0.300 e. The second-order valence-corrected chi connectivity index (χ2v) is 3.16. The van der Waals surface area contributed by atoms with Gasteiger partial charge in [-0.25, -0.2) is 0 Å². The van der Waals surface area contributed by atoms with Crippen LogP contribution >= 0.6 is 11.6 Å². The number of benzene rings is 1. The zero-order valence-corrected chi connectivity index (χ0v) is 8.38. The van der Waals surface area contributed by atoms with Crippen LogP contribution in [-0.4, -0.2) is 16.1 Å². The lowest BCUT2D eigenvalue weighted by molar-refractivity contribution is -0.134. The second kappa shape index (κ2) is 4.67. The van der Waals surface area contributed by atoms with Crippen molar-refractivity contribution in [2.45, 2.75) is 6.92 Å². The molecular formula is C10H10ClNO2. The number of halogens is 1. The molecule has 0 bridgehead atoms. The number of rotatable bonds is 0. The monoisotopic (exact) mass is 211 g/mol. The summed E-state index contributed by atoms with van der Waals surface area (Å²) in [6.45, 7) is 1.08. The Hall–Kier alpha value is -1.48. The van der Waals surface area contributed by atoms with Crippen LogP contribution in [0.25, 0.3) is 10.9 Å². The minimum Gasteiger partial charge on any atom is -0.481 e. The minimum atomic E-state index is -0.833. The Kier molecular flexibility index (Phi) is 3.54. The highest BCUT2D eigenvalue weighted by molar-refractivity contribution is 6.31. The predicted molar refractivity (Wildman–Crippen MR) is 56.6 cm³/mol. The number of H-pyrrole nitrogens is 1. The number of nitrogens with one attached hydrogen (secondary N) is 1. The van der Waals surface area contributed by atoms with Gasteiger partial charge in [-0.15, -0.1) is 0 Å². The quantitative estimate of drug-likeness (QED) is 0.704. The van der Waals surface area contributed by atoms with E-state index in [9.17, 15) is 0 Å². The zero-order chi connectivity index (χ0) is 10.6. The fourth-order valence-corrected chi connectivity index (χ4v) is 1.20. The molecule has 2 rings (SSSR count). The maximum absolute atomic E-state index is 9.00. The summed E-state index contributed by atoms with van der Waals surface area (Å²) in [6.07, 6.45) is 1.90. The number of hydrogen-bond donors (Lipinski definition) is 2. The number of carboxylic acid groups (broad SMARTS) is 1. The second-order valence-electron chi connectivity index (χ2n) is 2.73. The van der Waals surface area contributed by atoms with Crippen LogP contribution in [0.15, 0.2) is 30.5 Å². The first kappa shape index (κ1) is 10.6. The molecule has 0 aliphatic rings. The lowest BCUT2D eigenvalue weighted by atomic mass is 10.2. The molecule has 1 heterocycles. The van der Waals surface area contributed by atoms with Gasteiger partial charge in [0.1, 0.15) is 0 Å². The Morgan fingerprint density at radius 2 is 2.07 bits per heavy atom. The van der Waals surface area contributed by atoms with Gasteiger partial charge in [0.2, 0.25) is 0 Å². The number of aromatic nitrogens is 1. The largest absolute Gasteiger partial charge is 0.481 e.